The summed E-state index contributed by atoms with van der Waals surface area (Å²) >= 11 is 0. The lowest BCUT2D eigenvalue weighted by molar-refractivity contribution is -0.134. The number of hydrogen-bond donors (Lipinski definition) is 15. The van der Waals surface area contributed by atoms with Crippen LogP contribution in [0.2, 0.25) is 0 Å². The van der Waals surface area contributed by atoms with Crippen LogP contribution in [0.5, 0.6) is 0 Å². The number of nitrogens with one attached hydrogen (secondary N) is 10. The molecule has 2 fully saturated rings. The van der Waals surface area contributed by atoms with Crippen LogP contribution in [0, 0.1) is 5.41 Å². The van der Waals surface area contributed by atoms with Crippen molar-refractivity contribution >= 4 is 47.4 Å². The van der Waals surface area contributed by atoms with Crippen LogP contribution in [0.4, 0.5) is 4.79 Å². The third-order valence-corrected chi connectivity index (χ3v) is 7.43. The number of aliphatic hydroxyl groups excluding tert-OH is 1. The van der Waals surface area contributed by atoms with Crippen LogP contribution in [0.1, 0.15) is 38.5 Å². The lowest BCUT2D eigenvalue weighted by atomic mass is 10.0. The maximum absolute atomic E-state index is 13.5. The normalized spacial score (nSPS) is 25.7. The molecule has 22 nitrogen and oxygen atoms in total. The number of nitrogens with two attached hydrogens (primary N) is 4. The van der Waals surface area contributed by atoms with Crippen molar-refractivity contribution in [2.24, 2.45) is 22.9 Å². The summed E-state index contributed by atoms with van der Waals surface area (Å²) in [5.41, 5.74) is 22.0. The number of carbonyl (C=O) groups excluding carboxylic acids is 7. The summed E-state index contributed by atoms with van der Waals surface area (Å²) in [5, 5.41) is 39.4. The smallest absolute Gasteiger partial charge is 0.316 e. The van der Waals surface area contributed by atoms with Crippen LogP contribution in [-0.2, 0) is 28.8 Å². The first-order valence-corrected chi connectivity index (χ1v) is 15.7. The van der Waals surface area contributed by atoms with E-state index in [1.807, 2.05) is 5.32 Å². The maximum atomic E-state index is 13.5. The van der Waals surface area contributed by atoms with Crippen molar-refractivity contribution in [1.82, 2.24) is 47.9 Å². The van der Waals surface area contributed by atoms with Gasteiger partial charge in [-0.05, 0) is 25.8 Å². The highest BCUT2D eigenvalue weighted by Gasteiger charge is 2.35. The van der Waals surface area contributed by atoms with Gasteiger partial charge in [0.2, 0.25) is 29.5 Å². The molecule has 274 valence electrons. The Labute approximate surface area is 281 Å². The summed E-state index contributed by atoms with van der Waals surface area (Å²) < 4.78 is 0. The molecular weight excluding hydrogens is 648 g/mol. The predicted octanol–water partition coefficient (Wildman–Crippen LogP) is -7.24. The van der Waals surface area contributed by atoms with Gasteiger partial charge in [-0.15, -0.1) is 0 Å². The molecule has 0 spiro atoms. The van der Waals surface area contributed by atoms with Crippen LogP contribution in [-0.4, -0.2) is 122 Å². The molecule has 0 aromatic carbocycles. The van der Waals surface area contributed by atoms with E-state index in [1.165, 1.54) is 0 Å². The molecule has 2 heterocycles. The van der Waals surface area contributed by atoms with Crippen molar-refractivity contribution in [3.63, 3.8) is 0 Å². The monoisotopic (exact) mass is 696 g/mol. The van der Waals surface area contributed by atoms with Crippen LogP contribution in [0.25, 0.3) is 0 Å². The minimum absolute atomic E-state index is 0.111. The first-order valence-electron chi connectivity index (χ1n) is 15.7. The van der Waals surface area contributed by atoms with Gasteiger partial charge in [0.05, 0.1) is 12.6 Å². The summed E-state index contributed by atoms with van der Waals surface area (Å²) in [7, 11) is 0. The molecule has 2 saturated heterocycles. The second kappa shape index (κ2) is 20.3. The predicted molar refractivity (Wildman–Crippen MR) is 173 cm³/mol. The van der Waals surface area contributed by atoms with Gasteiger partial charge in [-0.3, -0.25) is 34.2 Å². The SMILES string of the molecule is N=C1NCCC(C2NC(=O)/C(=C/NC(N)=O)NC(=O)C(CNC(=O)CC(N)CCCCCN)NC(=O)C(CO)NC(=O)C(N)CNC2=O)N1. The lowest BCUT2D eigenvalue weighted by Crippen LogP contribution is -2.65. The van der Waals surface area contributed by atoms with E-state index >= 15 is 0 Å². The number of unbranched alkanes of at least 4 members (excludes halogenated alkanes) is 2. The number of carbonyl (C=O) groups is 7. The Hall–Kier alpha value is -5.06. The van der Waals surface area contributed by atoms with Gasteiger partial charge in [0, 0.05) is 38.3 Å². The number of primary amides is 1. The minimum atomic E-state index is -1.62. The van der Waals surface area contributed by atoms with Crippen molar-refractivity contribution in [2.45, 2.75) is 74.8 Å². The molecule has 6 unspecified atom stereocenters. The van der Waals surface area contributed by atoms with E-state index in [0.717, 1.165) is 25.5 Å². The Morgan fingerprint density at radius 3 is 2.33 bits per heavy atom. The fraction of sp³-hybridized carbons (Fsp3) is 0.630. The molecule has 0 aromatic heterocycles. The number of hydrogen-bond acceptors (Lipinski definition) is 12. The largest absolute Gasteiger partial charge is 0.394 e. The molecule has 6 atom stereocenters. The zero-order chi connectivity index (χ0) is 36.5. The summed E-state index contributed by atoms with van der Waals surface area (Å²) in [4.78, 5) is 90.3. The van der Waals surface area contributed by atoms with E-state index in [9.17, 15) is 38.7 Å². The highest BCUT2D eigenvalue weighted by Crippen LogP contribution is 2.07. The van der Waals surface area contributed by atoms with E-state index in [0.29, 0.717) is 13.0 Å². The highest BCUT2D eigenvalue weighted by molar-refractivity contribution is 6.02. The van der Waals surface area contributed by atoms with Gasteiger partial charge in [0.25, 0.3) is 5.91 Å². The molecule has 2 aliphatic rings. The van der Waals surface area contributed by atoms with E-state index in [4.69, 9.17) is 28.3 Å². The first-order chi connectivity index (χ1) is 23.2. The summed E-state index contributed by atoms with van der Waals surface area (Å²) in [5.74, 6) is -5.73. The molecule has 2 aliphatic heterocycles. The molecule has 49 heavy (non-hydrogen) atoms. The molecule has 0 radical (unpaired) electrons. The zero-order valence-electron chi connectivity index (χ0n) is 26.9. The molecule has 0 aromatic rings. The van der Waals surface area contributed by atoms with Gasteiger partial charge in [-0.2, -0.15) is 0 Å². The third kappa shape index (κ3) is 13.9. The maximum Gasteiger partial charge on any atom is 0.316 e. The average Bonchev–Trinajstić information content (AvgIpc) is 3.05. The number of urea groups is 1. The van der Waals surface area contributed by atoms with Gasteiger partial charge in [-0.25, -0.2) is 4.79 Å². The van der Waals surface area contributed by atoms with Crippen LogP contribution in [0.3, 0.4) is 0 Å². The topological polar surface area (TPSA) is 376 Å². The fourth-order valence-electron chi connectivity index (χ4n) is 4.72. The number of guanidine groups is 1. The molecule has 19 N–H and O–H groups in total. The second-order valence-electron chi connectivity index (χ2n) is 11.4. The Morgan fingerprint density at radius 2 is 1.67 bits per heavy atom. The van der Waals surface area contributed by atoms with E-state index in [1.54, 1.807) is 0 Å². The minimum Gasteiger partial charge on any atom is -0.394 e. The fourth-order valence-corrected chi connectivity index (χ4v) is 4.72. The molecule has 8 amide bonds. The average molecular weight is 697 g/mol. The standard InChI is InChI=1S/C27H48N14O8/c28-6-3-1-2-4-13(29)8-19(43)34-10-16-22(45)37-17(11-36-27(32)49)23(46)41-20(15-5-7-33-26(31)40-15)25(48)35-9-14(30)21(44)39-18(12-42)24(47)38-16/h11,13-16,18,20,42H,1-10,12,28-30H2,(H,34,43)(H,35,48)(H,37,45)(H,38,47)(H,39,44)(H,41,46)(H3,31,33,40)(H3,32,36,49)/b17-11-. The van der Waals surface area contributed by atoms with Gasteiger partial charge in [0.1, 0.15) is 29.9 Å². The Bertz CT molecular complexity index is 1260. The van der Waals surface area contributed by atoms with E-state index < -0.39 is 103 Å². The van der Waals surface area contributed by atoms with E-state index in [2.05, 4.69) is 42.5 Å². The summed E-state index contributed by atoms with van der Waals surface area (Å²) in [6, 6.07) is -8.55. The van der Waals surface area contributed by atoms with Crippen molar-refractivity contribution in [3.05, 3.63) is 11.9 Å². The van der Waals surface area contributed by atoms with E-state index in [-0.39, 0.29) is 25.3 Å². The van der Waals surface area contributed by atoms with Crippen LogP contribution >= 0.6 is 0 Å². The number of rotatable bonds is 12. The quantitative estimate of drug-likeness (QED) is 0.0667. The molecular formula is C27H48N14O8. The zero-order valence-corrected chi connectivity index (χ0v) is 26.9. The molecule has 22 heteroatoms. The molecule has 0 aliphatic carbocycles. The highest BCUT2D eigenvalue weighted by atomic mass is 16.3. The van der Waals surface area contributed by atoms with Crippen LogP contribution in [0.15, 0.2) is 11.9 Å². The van der Waals surface area contributed by atoms with Gasteiger partial charge in [-0.1, -0.05) is 12.8 Å². The lowest BCUT2D eigenvalue weighted by Gasteiger charge is -2.33. The summed E-state index contributed by atoms with van der Waals surface area (Å²) in [6.07, 6.45) is 3.82. The van der Waals surface area contributed by atoms with Crippen molar-refractivity contribution in [2.75, 3.05) is 32.8 Å². The molecule has 2 rings (SSSR count). The summed E-state index contributed by atoms with van der Waals surface area (Å²) in [6.45, 7) is -1.14. The number of aliphatic hydroxyl groups is 1. The second-order valence-corrected chi connectivity index (χ2v) is 11.4. The number of amides is 8. The van der Waals surface area contributed by atoms with Crippen molar-refractivity contribution in [1.29, 1.82) is 5.41 Å². The Balaban J connectivity index is 2.40. The van der Waals surface area contributed by atoms with Crippen molar-refractivity contribution < 1.29 is 38.7 Å². The van der Waals surface area contributed by atoms with Gasteiger partial charge < -0.3 is 75.9 Å². The van der Waals surface area contributed by atoms with Crippen molar-refractivity contribution in [3.8, 4) is 0 Å². The first kappa shape index (κ1) is 40.1. The molecule has 0 bridgehead atoms. The molecule has 0 saturated carbocycles. The Kier molecular flexibility index (Phi) is 16.7. The van der Waals surface area contributed by atoms with Crippen LogP contribution < -0.4 is 70.8 Å². The third-order valence-electron chi connectivity index (χ3n) is 7.43. The van der Waals surface area contributed by atoms with Gasteiger partial charge >= 0.3 is 6.03 Å². The Morgan fingerprint density at radius 1 is 0.959 bits per heavy atom. The van der Waals surface area contributed by atoms with Gasteiger partial charge in [0.15, 0.2) is 5.96 Å².